The lowest BCUT2D eigenvalue weighted by Crippen LogP contribution is -2.52. The first-order chi connectivity index (χ1) is 13.4. The van der Waals surface area contributed by atoms with Crippen molar-refractivity contribution in [2.75, 3.05) is 52.2 Å². The molecule has 0 spiro atoms. The molecule has 3 rings (SSSR count). The number of sulfonamides is 1. The lowest BCUT2D eigenvalue weighted by molar-refractivity contribution is 0.372. The van der Waals surface area contributed by atoms with Crippen molar-refractivity contribution in [3.63, 3.8) is 0 Å². The Morgan fingerprint density at radius 2 is 1.76 bits per heavy atom. The standard InChI is InChI=1S/C19H27N5O2S2.HI/c1-20-19(21-15-17-9-10-18(27-17)28(25,26)22(2)3)24-13-11-23(12-14-24)16-7-5-4-6-8-16;/h4-10H,11-15H2,1-3H3,(H,20,21);1H. The van der Waals surface area contributed by atoms with E-state index in [0.29, 0.717) is 10.8 Å². The van der Waals surface area contributed by atoms with E-state index < -0.39 is 10.0 Å². The van der Waals surface area contributed by atoms with Crippen molar-refractivity contribution >= 4 is 57.0 Å². The van der Waals surface area contributed by atoms with Gasteiger partial charge in [-0.1, -0.05) is 18.2 Å². The van der Waals surface area contributed by atoms with Gasteiger partial charge in [-0.2, -0.15) is 0 Å². The van der Waals surface area contributed by atoms with Crippen LogP contribution in [0.2, 0.25) is 0 Å². The maximum Gasteiger partial charge on any atom is 0.252 e. The fourth-order valence-electron chi connectivity index (χ4n) is 3.09. The normalized spacial score (nSPS) is 15.4. The molecule has 0 unspecified atom stereocenters. The van der Waals surface area contributed by atoms with Gasteiger partial charge in [-0.05, 0) is 24.3 Å². The van der Waals surface area contributed by atoms with Crippen molar-refractivity contribution < 1.29 is 8.42 Å². The highest BCUT2D eigenvalue weighted by Crippen LogP contribution is 2.23. The first-order valence-electron chi connectivity index (χ1n) is 9.18. The molecule has 1 aliphatic heterocycles. The number of benzene rings is 1. The van der Waals surface area contributed by atoms with Crippen molar-refractivity contribution in [3.8, 4) is 0 Å². The van der Waals surface area contributed by atoms with Crippen molar-refractivity contribution in [2.24, 2.45) is 4.99 Å². The molecular weight excluding hydrogens is 521 g/mol. The molecule has 0 radical (unpaired) electrons. The quantitative estimate of drug-likeness (QED) is 0.353. The second-order valence-electron chi connectivity index (χ2n) is 6.72. The number of nitrogens with zero attached hydrogens (tertiary/aromatic N) is 4. The van der Waals surface area contributed by atoms with Crippen LogP contribution < -0.4 is 10.2 Å². The summed E-state index contributed by atoms with van der Waals surface area (Å²) in [7, 11) is 1.50. The first kappa shape index (κ1) is 23.9. The van der Waals surface area contributed by atoms with E-state index in [-0.39, 0.29) is 24.0 Å². The van der Waals surface area contributed by atoms with E-state index in [4.69, 9.17) is 0 Å². The van der Waals surface area contributed by atoms with Crippen LogP contribution in [0.5, 0.6) is 0 Å². The summed E-state index contributed by atoms with van der Waals surface area (Å²) in [6, 6.07) is 14.0. The van der Waals surface area contributed by atoms with Crippen LogP contribution in [0.3, 0.4) is 0 Å². The Bertz CT molecular complexity index is 908. The Balaban J connectivity index is 0.00000300. The van der Waals surface area contributed by atoms with Crippen LogP contribution in [0.4, 0.5) is 5.69 Å². The molecule has 160 valence electrons. The molecule has 0 atom stereocenters. The van der Waals surface area contributed by atoms with Crippen molar-refractivity contribution in [1.82, 2.24) is 14.5 Å². The third-order valence-corrected chi connectivity index (χ3v) is 8.07. The zero-order valence-corrected chi connectivity index (χ0v) is 20.9. The van der Waals surface area contributed by atoms with Gasteiger partial charge in [-0.15, -0.1) is 35.3 Å². The second kappa shape index (κ2) is 10.6. The SMILES string of the molecule is CN=C(NCc1ccc(S(=O)(=O)N(C)C)s1)N1CCN(c2ccccc2)CC1.I. The average molecular weight is 550 g/mol. The minimum absolute atomic E-state index is 0. The van der Waals surface area contributed by atoms with Gasteiger partial charge in [0, 0.05) is 57.9 Å². The summed E-state index contributed by atoms with van der Waals surface area (Å²) in [5.74, 6) is 0.845. The smallest absolute Gasteiger partial charge is 0.252 e. The topological polar surface area (TPSA) is 68.2 Å². The fourth-order valence-corrected chi connectivity index (χ4v) is 5.55. The molecule has 0 aliphatic carbocycles. The van der Waals surface area contributed by atoms with Gasteiger partial charge in [0.1, 0.15) is 4.21 Å². The molecular formula is C19H28IN5O2S2. The lowest BCUT2D eigenvalue weighted by atomic mass is 10.2. The first-order valence-corrected chi connectivity index (χ1v) is 11.4. The zero-order valence-electron chi connectivity index (χ0n) is 16.9. The number of guanidine groups is 1. The molecule has 1 aliphatic rings. The number of hydrogen-bond acceptors (Lipinski definition) is 5. The van der Waals surface area contributed by atoms with Gasteiger partial charge in [-0.3, -0.25) is 4.99 Å². The summed E-state index contributed by atoms with van der Waals surface area (Å²) in [6.45, 7) is 4.21. The molecule has 1 saturated heterocycles. The van der Waals surface area contributed by atoms with Gasteiger partial charge in [0.15, 0.2) is 5.96 Å². The van der Waals surface area contributed by atoms with Gasteiger partial charge in [0.2, 0.25) is 0 Å². The minimum atomic E-state index is -3.38. The molecule has 7 nitrogen and oxygen atoms in total. The molecule has 29 heavy (non-hydrogen) atoms. The van der Waals surface area contributed by atoms with Crippen LogP contribution in [0.1, 0.15) is 4.88 Å². The Kier molecular flexibility index (Phi) is 8.73. The predicted molar refractivity (Wildman–Crippen MR) is 131 cm³/mol. The molecule has 2 heterocycles. The number of halogens is 1. The summed E-state index contributed by atoms with van der Waals surface area (Å²) in [6.07, 6.45) is 0. The highest BCUT2D eigenvalue weighted by molar-refractivity contribution is 14.0. The van der Waals surface area contributed by atoms with Crippen LogP contribution in [-0.2, 0) is 16.6 Å². The number of piperazine rings is 1. The maximum atomic E-state index is 12.2. The summed E-state index contributed by atoms with van der Waals surface area (Å²) >= 11 is 1.29. The molecule has 1 fully saturated rings. The fraction of sp³-hybridized carbons (Fsp3) is 0.421. The van der Waals surface area contributed by atoms with Crippen LogP contribution >= 0.6 is 35.3 Å². The van der Waals surface area contributed by atoms with Crippen LogP contribution in [-0.4, -0.2) is 70.9 Å². The zero-order chi connectivity index (χ0) is 20.1. The third-order valence-electron chi connectivity index (χ3n) is 4.71. The third kappa shape index (κ3) is 5.83. The number of para-hydroxylation sites is 1. The van der Waals surface area contributed by atoms with Crippen LogP contribution in [0, 0.1) is 0 Å². The highest BCUT2D eigenvalue weighted by atomic mass is 127. The van der Waals surface area contributed by atoms with E-state index in [1.54, 1.807) is 27.2 Å². The maximum absolute atomic E-state index is 12.2. The number of rotatable bonds is 5. The van der Waals surface area contributed by atoms with Crippen molar-refractivity contribution in [2.45, 2.75) is 10.8 Å². The molecule has 0 saturated carbocycles. The number of nitrogens with one attached hydrogen (secondary N) is 1. The Morgan fingerprint density at radius 1 is 1.10 bits per heavy atom. The van der Waals surface area contributed by atoms with Gasteiger partial charge in [0.25, 0.3) is 10.0 Å². The largest absolute Gasteiger partial charge is 0.368 e. The molecule has 0 bridgehead atoms. The number of thiophene rings is 1. The number of anilines is 1. The lowest BCUT2D eigenvalue weighted by Gasteiger charge is -2.37. The molecule has 1 aromatic carbocycles. The van der Waals surface area contributed by atoms with Crippen molar-refractivity contribution in [1.29, 1.82) is 0 Å². The summed E-state index contributed by atoms with van der Waals surface area (Å²) in [5, 5.41) is 3.36. The van der Waals surface area contributed by atoms with E-state index >= 15 is 0 Å². The number of aliphatic imine (C=N–C) groups is 1. The van der Waals surface area contributed by atoms with E-state index in [0.717, 1.165) is 37.0 Å². The Labute approximate surface area is 194 Å². The van der Waals surface area contributed by atoms with Gasteiger partial charge in [0.05, 0.1) is 6.54 Å². The van der Waals surface area contributed by atoms with Crippen molar-refractivity contribution in [3.05, 3.63) is 47.3 Å². The summed E-state index contributed by atoms with van der Waals surface area (Å²) in [5.41, 5.74) is 1.25. The Morgan fingerprint density at radius 3 is 2.34 bits per heavy atom. The average Bonchev–Trinajstić information content (AvgIpc) is 3.19. The molecule has 1 N–H and O–H groups in total. The summed E-state index contributed by atoms with van der Waals surface area (Å²) < 4.78 is 26.0. The molecule has 1 aromatic heterocycles. The molecule has 10 heteroatoms. The minimum Gasteiger partial charge on any atom is -0.368 e. The van der Waals surface area contributed by atoms with E-state index in [1.165, 1.54) is 21.3 Å². The van der Waals surface area contributed by atoms with E-state index in [9.17, 15) is 8.42 Å². The molecule has 2 aromatic rings. The van der Waals surface area contributed by atoms with Gasteiger partial charge >= 0.3 is 0 Å². The number of hydrogen-bond donors (Lipinski definition) is 1. The van der Waals surface area contributed by atoms with Crippen LogP contribution in [0.15, 0.2) is 51.7 Å². The predicted octanol–water partition coefficient (Wildman–Crippen LogP) is 2.51. The summed E-state index contributed by atoms with van der Waals surface area (Å²) in [4.78, 5) is 9.98. The van der Waals surface area contributed by atoms with E-state index in [2.05, 4.69) is 44.4 Å². The van der Waals surface area contributed by atoms with Gasteiger partial charge < -0.3 is 15.1 Å². The van der Waals surface area contributed by atoms with Crippen LogP contribution in [0.25, 0.3) is 0 Å². The monoisotopic (exact) mass is 549 g/mol. The van der Waals surface area contributed by atoms with Gasteiger partial charge in [-0.25, -0.2) is 12.7 Å². The van der Waals surface area contributed by atoms with E-state index in [1.807, 2.05) is 12.1 Å². The highest BCUT2D eigenvalue weighted by Gasteiger charge is 2.21. The molecule has 0 amide bonds. The second-order valence-corrected chi connectivity index (χ2v) is 10.3. The Hall–Kier alpha value is -1.37.